The molecule has 2 aromatic rings. The highest BCUT2D eigenvalue weighted by Crippen LogP contribution is 2.28. The minimum absolute atomic E-state index is 0.133. The molecule has 122 valence electrons. The molecule has 1 aromatic carbocycles. The number of furan rings is 1. The van der Waals surface area contributed by atoms with Gasteiger partial charge in [-0.05, 0) is 38.3 Å². The predicted octanol–water partition coefficient (Wildman–Crippen LogP) is 2.15. The van der Waals surface area contributed by atoms with Gasteiger partial charge in [0.25, 0.3) is 5.91 Å². The Hall–Kier alpha value is -2.50. The molecule has 2 heterocycles. The molecule has 1 aliphatic heterocycles. The smallest absolute Gasteiger partial charge is 0.287 e. The van der Waals surface area contributed by atoms with Gasteiger partial charge in [0.15, 0.2) is 5.76 Å². The van der Waals surface area contributed by atoms with Crippen molar-refractivity contribution in [3.63, 3.8) is 0 Å². The average molecular weight is 316 g/mol. The van der Waals surface area contributed by atoms with E-state index in [0.717, 1.165) is 23.8 Å². The molecule has 6 nitrogen and oxygen atoms in total. The van der Waals surface area contributed by atoms with Gasteiger partial charge in [-0.3, -0.25) is 9.59 Å². The second-order valence-electron chi connectivity index (χ2n) is 5.73. The fourth-order valence-corrected chi connectivity index (χ4v) is 2.85. The van der Waals surface area contributed by atoms with Gasteiger partial charge < -0.3 is 19.8 Å². The first-order valence-electron chi connectivity index (χ1n) is 7.76. The van der Waals surface area contributed by atoms with Gasteiger partial charge in [0.2, 0.25) is 5.91 Å². The molecule has 3 rings (SSSR count). The second-order valence-corrected chi connectivity index (χ2v) is 5.73. The number of amides is 2. The summed E-state index contributed by atoms with van der Waals surface area (Å²) >= 11 is 0. The van der Waals surface area contributed by atoms with Crippen molar-refractivity contribution in [2.24, 2.45) is 0 Å². The van der Waals surface area contributed by atoms with Crippen LogP contribution >= 0.6 is 0 Å². The Kier molecular flexibility index (Phi) is 4.23. The molecule has 0 saturated carbocycles. The topological polar surface area (TPSA) is 80.6 Å². The summed E-state index contributed by atoms with van der Waals surface area (Å²) in [5.74, 6) is 0.414. The summed E-state index contributed by atoms with van der Waals surface area (Å²) in [5.41, 5.74) is 1.35. The maximum atomic E-state index is 12.5. The number of hydrogen-bond donors (Lipinski definition) is 2. The zero-order chi connectivity index (χ0) is 16.4. The molecule has 0 unspecified atom stereocenters. The molecule has 23 heavy (non-hydrogen) atoms. The van der Waals surface area contributed by atoms with Crippen molar-refractivity contribution < 1.29 is 18.7 Å². The Morgan fingerprint density at radius 1 is 1.39 bits per heavy atom. The van der Waals surface area contributed by atoms with E-state index in [9.17, 15) is 9.59 Å². The number of hydrogen-bond acceptors (Lipinski definition) is 4. The zero-order valence-electron chi connectivity index (χ0n) is 13.3. The second kappa shape index (κ2) is 6.32. The summed E-state index contributed by atoms with van der Waals surface area (Å²) in [7, 11) is 1.58. The third kappa shape index (κ3) is 3.02. The summed E-state index contributed by atoms with van der Waals surface area (Å²) in [6.45, 7) is 2.50. The highest BCUT2D eigenvalue weighted by molar-refractivity contribution is 6.01. The standard InChI is InChI=1S/C17H20N2O4/c1-10-12-7-6-11(22-2)9-14(12)23-15(10)17(21)19-13-5-3-4-8-18-16(13)20/h6-7,9,13H,3-5,8H2,1-2H3,(H,18,20)(H,19,21)/t13-/m1/s1. The van der Waals surface area contributed by atoms with Crippen molar-refractivity contribution in [3.05, 3.63) is 29.5 Å². The van der Waals surface area contributed by atoms with Crippen LogP contribution in [0.2, 0.25) is 0 Å². The van der Waals surface area contributed by atoms with Gasteiger partial charge in [-0.15, -0.1) is 0 Å². The molecule has 0 radical (unpaired) electrons. The average Bonchev–Trinajstić information content (AvgIpc) is 2.75. The Balaban J connectivity index is 1.85. The third-order valence-corrected chi connectivity index (χ3v) is 4.19. The van der Waals surface area contributed by atoms with E-state index in [4.69, 9.17) is 9.15 Å². The van der Waals surface area contributed by atoms with E-state index in [1.54, 1.807) is 13.2 Å². The van der Waals surface area contributed by atoms with Crippen molar-refractivity contribution in [3.8, 4) is 5.75 Å². The van der Waals surface area contributed by atoms with Crippen molar-refractivity contribution in [2.45, 2.75) is 32.2 Å². The highest BCUT2D eigenvalue weighted by Gasteiger charge is 2.25. The molecule has 1 aliphatic rings. The van der Waals surface area contributed by atoms with E-state index < -0.39 is 6.04 Å². The fraction of sp³-hybridized carbons (Fsp3) is 0.412. The molecule has 0 aliphatic carbocycles. The number of carbonyl (C=O) groups excluding carboxylic acids is 2. The zero-order valence-corrected chi connectivity index (χ0v) is 13.3. The first kappa shape index (κ1) is 15.4. The van der Waals surface area contributed by atoms with Gasteiger partial charge >= 0.3 is 0 Å². The van der Waals surface area contributed by atoms with Crippen LogP contribution in [0, 0.1) is 6.92 Å². The maximum Gasteiger partial charge on any atom is 0.287 e. The van der Waals surface area contributed by atoms with Gasteiger partial charge in [0.1, 0.15) is 17.4 Å². The van der Waals surface area contributed by atoms with Crippen LogP contribution in [0.1, 0.15) is 35.4 Å². The fourth-order valence-electron chi connectivity index (χ4n) is 2.85. The number of aryl methyl sites for hydroxylation is 1. The third-order valence-electron chi connectivity index (χ3n) is 4.19. The van der Waals surface area contributed by atoms with Crippen LogP contribution in [0.3, 0.4) is 0 Å². The molecular formula is C17H20N2O4. The highest BCUT2D eigenvalue weighted by atomic mass is 16.5. The normalized spacial score (nSPS) is 18.3. The summed E-state index contributed by atoms with van der Waals surface area (Å²) < 4.78 is 10.9. The van der Waals surface area contributed by atoms with E-state index in [0.29, 0.717) is 24.3 Å². The SMILES string of the molecule is COc1ccc2c(C)c(C(=O)N[C@@H]3CCCCNC3=O)oc2c1. The van der Waals surface area contributed by atoms with Crippen molar-refractivity contribution in [1.29, 1.82) is 0 Å². The maximum absolute atomic E-state index is 12.5. The Morgan fingerprint density at radius 2 is 2.22 bits per heavy atom. The Morgan fingerprint density at radius 3 is 3.00 bits per heavy atom. The lowest BCUT2D eigenvalue weighted by molar-refractivity contribution is -0.122. The lowest BCUT2D eigenvalue weighted by Crippen LogP contribution is -2.45. The predicted molar refractivity (Wildman–Crippen MR) is 85.6 cm³/mol. The lowest BCUT2D eigenvalue weighted by Gasteiger charge is -2.14. The molecule has 1 fully saturated rings. The summed E-state index contributed by atoms with van der Waals surface area (Å²) in [5, 5.41) is 6.45. The lowest BCUT2D eigenvalue weighted by atomic mass is 10.1. The van der Waals surface area contributed by atoms with Crippen LogP contribution in [-0.2, 0) is 4.79 Å². The molecular weight excluding hydrogens is 296 g/mol. The number of methoxy groups -OCH3 is 1. The minimum Gasteiger partial charge on any atom is -0.497 e. The molecule has 2 N–H and O–H groups in total. The number of ether oxygens (including phenoxy) is 1. The molecule has 0 bridgehead atoms. The summed E-state index contributed by atoms with van der Waals surface area (Å²) in [4.78, 5) is 24.4. The molecule has 2 amide bonds. The van der Waals surface area contributed by atoms with Crippen LogP contribution < -0.4 is 15.4 Å². The van der Waals surface area contributed by atoms with E-state index in [1.807, 2.05) is 19.1 Å². The van der Waals surface area contributed by atoms with Crippen molar-refractivity contribution in [1.82, 2.24) is 10.6 Å². The molecule has 6 heteroatoms. The van der Waals surface area contributed by atoms with E-state index in [2.05, 4.69) is 10.6 Å². The van der Waals surface area contributed by atoms with E-state index in [-0.39, 0.29) is 17.6 Å². The number of fused-ring (bicyclic) bond motifs is 1. The molecule has 1 aromatic heterocycles. The Bertz CT molecular complexity index is 750. The van der Waals surface area contributed by atoms with Gasteiger partial charge in [0, 0.05) is 23.6 Å². The van der Waals surface area contributed by atoms with E-state index >= 15 is 0 Å². The van der Waals surface area contributed by atoms with Crippen LogP contribution in [-0.4, -0.2) is 31.5 Å². The first-order chi connectivity index (χ1) is 11.1. The minimum atomic E-state index is -0.507. The number of nitrogens with one attached hydrogen (secondary N) is 2. The van der Waals surface area contributed by atoms with Gasteiger partial charge in [-0.1, -0.05) is 0 Å². The summed E-state index contributed by atoms with van der Waals surface area (Å²) in [6, 6.07) is 4.93. The van der Waals surface area contributed by atoms with Gasteiger partial charge in [0.05, 0.1) is 7.11 Å². The van der Waals surface area contributed by atoms with E-state index in [1.165, 1.54) is 0 Å². The number of carbonyl (C=O) groups is 2. The quantitative estimate of drug-likeness (QED) is 0.909. The monoisotopic (exact) mass is 316 g/mol. The van der Waals surface area contributed by atoms with Crippen molar-refractivity contribution in [2.75, 3.05) is 13.7 Å². The van der Waals surface area contributed by atoms with Crippen molar-refractivity contribution >= 4 is 22.8 Å². The largest absolute Gasteiger partial charge is 0.497 e. The van der Waals surface area contributed by atoms with Crippen LogP contribution in [0.4, 0.5) is 0 Å². The van der Waals surface area contributed by atoms with Crippen LogP contribution in [0.25, 0.3) is 11.0 Å². The van der Waals surface area contributed by atoms with Crippen LogP contribution in [0.5, 0.6) is 5.75 Å². The first-order valence-corrected chi connectivity index (χ1v) is 7.76. The van der Waals surface area contributed by atoms with Gasteiger partial charge in [-0.25, -0.2) is 0 Å². The Labute approximate surface area is 134 Å². The molecule has 0 spiro atoms. The van der Waals surface area contributed by atoms with Crippen LogP contribution in [0.15, 0.2) is 22.6 Å². The number of rotatable bonds is 3. The molecule has 1 saturated heterocycles. The molecule has 1 atom stereocenters. The van der Waals surface area contributed by atoms with Gasteiger partial charge in [-0.2, -0.15) is 0 Å². The number of benzene rings is 1. The summed E-state index contributed by atoms with van der Waals surface area (Å²) in [6.07, 6.45) is 2.48.